The molecule has 0 radical (unpaired) electrons. The SMILES string of the molecule is CCCCC(NC(=O)CCC1CCC(C)O1)C(=O)O. The number of unbranched alkanes of at least 4 members (excludes halogenated alkanes) is 1. The summed E-state index contributed by atoms with van der Waals surface area (Å²) in [6, 6.07) is -0.754. The van der Waals surface area contributed by atoms with E-state index in [1.165, 1.54) is 0 Å². The highest BCUT2D eigenvalue weighted by Crippen LogP contribution is 2.22. The first-order valence-electron chi connectivity index (χ1n) is 7.20. The largest absolute Gasteiger partial charge is 0.480 e. The molecule has 0 bridgehead atoms. The molecule has 1 fully saturated rings. The molecule has 0 aromatic carbocycles. The molecule has 1 aliphatic heterocycles. The van der Waals surface area contributed by atoms with Crippen molar-refractivity contribution < 1.29 is 19.4 Å². The van der Waals surface area contributed by atoms with E-state index in [1.54, 1.807) is 0 Å². The van der Waals surface area contributed by atoms with E-state index in [0.717, 1.165) is 25.7 Å². The van der Waals surface area contributed by atoms with E-state index in [1.807, 2.05) is 13.8 Å². The van der Waals surface area contributed by atoms with E-state index in [0.29, 0.717) is 19.3 Å². The zero-order chi connectivity index (χ0) is 14.3. The van der Waals surface area contributed by atoms with Gasteiger partial charge in [-0.05, 0) is 32.6 Å². The monoisotopic (exact) mass is 271 g/mol. The van der Waals surface area contributed by atoms with Crippen LogP contribution in [-0.4, -0.2) is 35.2 Å². The molecule has 0 aromatic rings. The maximum absolute atomic E-state index is 11.7. The van der Waals surface area contributed by atoms with Gasteiger partial charge in [-0.25, -0.2) is 4.79 Å². The van der Waals surface area contributed by atoms with Gasteiger partial charge in [0.15, 0.2) is 0 Å². The molecule has 5 nitrogen and oxygen atoms in total. The van der Waals surface area contributed by atoms with Crippen molar-refractivity contribution in [3.63, 3.8) is 0 Å². The summed E-state index contributed by atoms with van der Waals surface area (Å²) in [5, 5.41) is 11.6. The van der Waals surface area contributed by atoms with Crippen LogP contribution in [0.5, 0.6) is 0 Å². The molecule has 1 heterocycles. The highest BCUT2D eigenvalue weighted by atomic mass is 16.5. The smallest absolute Gasteiger partial charge is 0.326 e. The van der Waals surface area contributed by atoms with Gasteiger partial charge in [0.1, 0.15) is 6.04 Å². The average Bonchev–Trinajstić information content (AvgIpc) is 2.77. The molecule has 110 valence electrons. The Hall–Kier alpha value is -1.10. The maximum Gasteiger partial charge on any atom is 0.326 e. The lowest BCUT2D eigenvalue weighted by Gasteiger charge is -2.15. The number of aliphatic carboxylic acids is 1. The number of carboxylic acid groups (broad SMARTS) is 1. The lowest BCUT2D eigenvalue weighted by molar-refractivity contribution is -0.142. The second-order valence-corrected chi connectivity index (χ2v) is 5.29. The molecule has 19 heavy (non-hydrogen) atoms. The summed E-state index contributed by atoms with van der Waals surface area (Å²) >= 11 is 0. The van der Waals surface area contributed by atoms with Crippen molar-refractivity contribution in [3.8, 4) is 0 Å². The van der Waals surface area contributed by atoms with Gasteiger partial charge in [-0.15, -0.1) is 0 Å². The van der Waals surface area contributed by atoms with Crippen molar-refractivity contribution in [2.45, 2.75) is 77.0 Å². The van der Waals surface area contributed by atoms with Crippen molar-refractivity contribution in [1.82, 2.24) is 5.32 Å². The second-order valence-electron chi connectivity index (χ2n) is 5.29. The van der Waals surface area contributed by atoms with Gasteiger partial charge in [-0.1, -0.05) is 19.8 Å². The minimum atomic E-state index is -0.951. The summed E-state index contributed by atoms with van der Waals surface area (Å²) < 4.78 is 5.63. The fourth-order valence-electron chi connectivity index (χ4n) is 2.32. The third kappa shape index (κ3) is 6.05. The van der Waals surface area contributed by atoms with Crippen molar-refractivity contribution in [3.05, 3.63) is 0 Å². The lowest BCUT2D eigenvalue weighted by Crippen LogP contribution is -2.40. The normalized spacial score (nSPS) is 24.1. The Kier molecular flexibility index (Phi) is 6.84. The number of nitrogens with one attached hydrogen (secondary N) is 1. The van der Waals surface area contributed by atoms with Crippen molar-refractivity contribution in [2.24, 2.45) is 0 Å². The molecule has 2 N–H and O–H groups in total. The Morgan fingerprint density at radius 3 is 2.68 bits per heavy atom. The molecule has 0 spiro atoms. The maximum atomic E-state index is 11.7. The van der Waals surface area contributed by atoms with Crippen molar-refractivity contribution >= 4 is 11.9 Å². The van der Waals surface area contributed by atoms with Gasteiger partial charge in [0.2, 0.25) is 5.91 Å². The Morgan fingerprint density at radius 2 is 2.16 bits per heavy atom. The second kappa shape index (κ2) is 8.15. The molecule has 1 aliphatic rings. The van der Waals surface area contributed by atoms with Crippen LogP contribution in [0, 0.1) is 0 Å². The van der Waals surface area contributed by atoms with Gasteiger partial charge < -0.3 is 15.2 Å². The molecule has 3 atom stereocenters. The highest BCUT2D eigenvalue weighted by Gasteiger charge is 2.23. The fourth-order valence-corrected chi connectivity index (χ4v) is 2.32. The number of carbonyl (C=O) groups excluding carboxylic acids is 1. The third-order valence-electron chi connectivity index (χ3n) is 3.49. The number of hydrogen-bond donors (Lipinski definition) is 2. The molecule has 1 rings (SSSR count). The topological polar surface area (TPSA) is 75.6 Å². The highest BCUT2D eigenvalue weighted by molar-refractivity contribution is 5.83. The summed E-state index contributed by atoms with van der Waals surface area (Å²) in [6.45, 7) is 4.03. The zero-order valence-corrected chi connectivity index (χ0v) is 11.9. The van der Waals surface area contributed by atoms with E-state index >= 15 is 0 Å². The number of rotatable bonds is 8. The van der Waals surface area contributed by atoms with Crippen LogP contribution in [0.2, 0.25) is 0 Å². The molecule has 0 aliphatic carbocycles. The zero-order valence-electron chi connectivity index (χ0n) is 11.9. The van der Waals surface area contributed by atoms with Crippen LogP contribution in [0.1, 0.15) is 58.8 Å². The summed E-state index contributed by atoms with van der Waals surface area (Å²) in [4.78, 5) is 22.7. The first kappa shape index (κ1) is 16.0. The van der Waals surface area contributed by atoms with E-state index in [2.05, 4.69) is 5.32 Å². The van der Waals surface area contributed by atoms with Gasteiger partial charge in [0.05, 0.1) is 12.2 Å². The minimum absolute atomic E-state index is 0.152. The number of carboxylic acids is 1. The van der Waals surface area contributed by atoms with E-state index in [-0.39, 0.29) is 18.1 Å². The van der Waals surface area contributed by atoms with Crippen molar-refractivity contribution in [1.29, 1.82) is 0 Å². The van der Waals surface area contributed by atoms with Crippen LogP contribution < -0.4 is 5.32 Å². The van der Waals surface area contributed by atoms with Gasteiger partial charge in [0.25, 0.3) is 0 Å². The van der Waals surface area contributed by atoms with Gasteiger partial charge in [-0.3, -0.25) is 4.79 Å². The molecular formula is C14H25NO4. The van der Waals surface area contributed by atoms with Crippen molar-refractivity contribution in [2.75, 3.05) is 0 Å². The average molecular weight is 271 g/mol. The first-order valence-corrected chi connectivity index (χ1v) is 7.20. The van der Waals surface area contributed by atoms with Gasteiger partial charge in [0, 0.05) is 6.42 Å². The summed E-state index contributed by atoms with van der Waals surface area (Å²) in [6.07, 6.45) is 5.71. The Morgan fingerprint density at radius 1 is 1.42 bits per heavy atom. The van der Waals surface area contributed by atoms with Crippen LogP contribution in [0.25, 0.3) is 0 Å². The Bertz CT molecular complexity index is 306. The molecule has 3 unspecified atom stereocenters. The first-order chi connectivity index (χ1) is 9.02. The Labute approximate surface area is 114 Å². The standard InChI is InChI=1S/C14H25NO4/c1-3-4-5-12(14(17)18)15-13(16)9-8-11-7-6-10(2)19-11/h10-12H,3-9H2,1-2H3,(H,15,16)(H,17,18). The number of hydrogen-bond acceptors (Lipinski definition) is 3. The van der Waals surface area contributed by atoms with Crippen LogP contribution in [-0.2, 0) is 14.3 Å². The predicted octanol–water partition coefficient (Wildman–Crippen LogP) is 2.09. The van der Waals surface area contributed by atoms with Gasteiger partial charge in [-0.2, -0.15) is 0 Å². The minimum Gasteiger partial charge on any atom is -0.480 e. The molecule has 0 aromatic heterocycles. The van der Waals surface area contributed by atoms with Crippen LogP contribution >= 0.6 is 0 Å². The molecule has 5 heteroatoms. The third-order valence-corrected chi connectivity index (χ3v) is 3.49. The van der Waals surface area contributed by atoms with Gasteiger partial charge >= 0.3 is 5.97 Å². The number of carbonyl (C=O) groups is 2. The fraction of sp³-hybridized carbons (Fsp3) is 0.857. The van der Waals surface area contributed by atoms with E-state index in [4.69, 9.17) is 9.84 Å². The predicted molar refractivity (Wildman–Crippen MR) is 71.9 cm³/mol. The summed E-state index contributed by atoms with van der Waals surface area (Å²) in [5.74, 6) is -1.14. The molecule has 1 saturated heterocycles. The lowest BCUT2D eigenvalue weighted by atomic mass is 10.1. The summed E-state index contributed by atoms with van der Waals surface area (Å²) in [5.41, 5.74) is 0. The van der Waals surface area contributed by atoms with Crippen LogP contribution in [0.15, 0.2) is 0 Å². The molecule has 1 amide bonds. The molecule has 0 saturated carbocycles. The Balaban J connectivity index is 2.26. The van der Waals surface area contributed by atoms with E-state index in [9.17, 15) is 9.59 Å². The molecular weight excluding hydrogens is 246 g/mol. The quantitative estimate of drug-likeness (QED) is 0.709. The van der Waals surface area contributed by atoms with E-state index < -0.39 is 12.0 Å². The summed E-state index contributed by atoms with van der Waals surface area (Å²) in [7, 11) is 0. The van der Waals surface area contributed by atoms with Crippen LogP contribution in [0.3, 0.4) is 0 Å². The number of amides is 1. The number of ether oxygens (including phenoxy) is 1. The van der Waals surface area contributed by atoms with Crippen LogP contribution in [0.4, 0.5) is 0 Å².